The second kappa shape index (κ2) is 3.23. The van der Waals surface area contributed by atoms with Crippen LogP contribution in [0.4, 0.5) is 0 Å². The van der Waals surface area contributed by atoms with E-state index in [0.29, 0.717) is 11.5 Å². The molecule has 2 N–H and O–H groups in total. The molecule has 80 valence electrons. The van der Waals surface area contributed by atoms with Gasteiger partial charge in [-0.1, -0.05) is 13.8 Å². The molecule has 0 bridgehead atoms. The lowest BCUT2D eigenvalue weighted by Gasteiger charge is -2.52. The lowest BCUT2D eigenvalue weighted by atomic mass is 9.66. The Bertz CT molecular complexity index is 250. The molecule has 0 radical (unpaired) electrons. The minimum atomic E-state index is -0.236. The zero-order chi connectivity index (χ0) is 10.3. The fourth-order valence-electron chi connectivity index (χ4n) is 2.67. The second-order valence-electron chi connectivity index (χ2n) is 5.32. The maximum absolute atomic E-state index is 11.8. The molecule has 1 heterocycles. The van der Waals surface area contributed by atoms with Crippen LogP contribution in [0.5, 0.6) is 0 Å². The maximum Gasteiger partial charge on any atom is 0.239 e. The van der Waals surface area contributed by atoms with Crippen LogP contribution >= 0.6 is 0 Å². The van der Waals surface area contributed by atoms with Crippen molar-refractivity contribution < 1.29 is 4.79 Å². The molecular formula is C11H20N2O. The molecule has 0 spiro atoms. The average Bonchev–Trinajstić information content (AvgIpc) is 2.11. The molecule has 1 amide bonds. The van der Waals surface area contributed by atoms with Gasteiger partial charge in [0, 0.05) is 12.6 Å². The van der Waals surface area contributed by atoms with Gasteiger partial charge in [0.25, 0.3) is 0 Å². The zero-order valence-electron chi connectivity index (χ0n) is 9.12. The molecule has 1 aliphatic heterocycles. The Kier molecular flexibility index (Phi) is 2.30. The molecule has 0 aromatic rings. The van der Waals surface area contributed by atoms with E-state index in [1.54, 1.807) is 0 Å². The molecule has 14 heavy (non-hydrogen) atoms. The van der Waals surface area contributed by atoms with Gasteiger partial charge in [0.1, 0.15) is 0 Å². The fraction of sp³-hybridized carbons (Fsp3) is 0.909. The molecule has 2 unspecified atom stereocenters. The van der Waals surface area contributed by atoms with Crippen molar-refractivity contribution in [2.24, 2.45) is 11.1 Å². The Hall–Kier alpha value is -0.570. The summed E-state index contributed by atoms with van der Waals surface area (Å²) in [5, 5.41) is 0. The van der Waals surface area contributed by atoms with Crippen LogP contribution < -0.4 is 5.73 Å². The summed E-state index contributed by atoms with van der Waals surface area (Å²) >= 11 is 0. The van der Waals surface area contributed by atoms with Crippen molar-refractivity contribution in [1.82, 2.24) is 4.90 Å². The summed E-state index contributed by atoms with van der Waals surface area (Å²) < 4.78 is 0. The Morgan fingerprint density at radius 1 is 1.43 bits per heavy atom. The molecule has 1 aliphatic carbocycles. The molecule has 0 aromatic heterocycles. The summed E-state index contributed by atoms with van der Waals surface area (Å²) in [5.41, 5.74) is 6.09. The third-order valence-corrected chi connectivity index (χ3v) is 3.85. The van der Waals surface area contributed by atoms with Gasteiger partial charge >= 0.3 is 0 Å². The number of nitrogens with zero attached hydrogens (tertiary/aromatic N) is 1. The van der Waals surface area contributed by atoms with E-state index < -0.39 is 0 Å². The van der Waals surface area contributed by atoms with E-state index >= 15 is 0 Å². The molecule has 0 aromatic carbocycles. The number of carbonyl (C=O) groups is 1. The number of carbonyl (C=O) groups excluding carboxylic acids is 1. The molecule has 3 nitrogen and oxygen atoms in total. The van der Waals surface area contributed by atoms with Crippen molar-refractivity contribution in [2.45, 2.75) is 51.6 Å². The SMILES string of the molecule is CC1(C)CCC1N1CCCC(N)C1=O. The van der Waals surface area contributed by atoms with Crippen molar-refractivity contribution in [3.8, 4) is 0 Å². The zero-order valence-corrected chi connectivity index (χ0v) is 9.12. The highest BCUT2D eigenvalue weighted by molar-refractivity contribution is 5.82. The third kappa shape index (κ3) is 1.44. The van der Waals surface area contributed by atoms with E-state index in [9.17, 15) is 4.79 Å². The molecule has 2 fully saturated rings. The lowest BCUT2D eigenvalue weighted by molar-refractivity contribution is -0.145. The maximum atomic E-state index is 11.8. The Balaban J connectivity index is 2.07. The van der Waals surface area contributed by atoms with E-state index in [-0.39, 0.29) is 11.9 Å². The first kappa shape index (κ1) is 9.97. The highest BCUT2D eigenvalue weighted by atomic mass is 16.2. The van der Waals surface area contributed by atoms with Crippen LogP contribution in [0.25, 0.3) is 0 Å². The van der Waals surface area contributed by atoms with Crippen LogP contribution in [-0.2, 0) is 4.79 Å². The first-order valence-corrected chi connectivity index (χ1v) is 5.58. The average molecular weight is 196 g/mol. The van der Waals surface area contributed by atoms with E-state index in [2.05, 4.69) is 13.8 Å². The van der Waals surface area contributed by atoms with Crippen molar-refractivity contribution in [2.75, 3.05) is 6.54 Å². The Morgan fingerprint density at radius 2 is 2.14 bits per heavy atom. The van der Waals surface area contributed by atoms with Gasteiger partial charge in [-0.2, -0.15) is 0 Å². The predicted octanol–water partition coefficient (Wildman–Crippen LogP) is 1.12. The normalized spacial score (nSPS) is 36.8. The smallest absolute Gasteiger partial charge is 0.239 e. The Morgan fingerprint density at radius 3 is 2.64 bits per heavy atom. The number of nitrogens with two attached hydrogens (primary N) is 1. The monoisotopic (exact) mass is 196 g/mol. The number of amides is 1. The van der Waals surface area contributed by atoms with E-state index in [0.717, 1.165) is 25.8 Å². The van der Waals surface area contributed by atoms with Crippen LogP contribution in [0.3, 0.4) is 0 Å². The van der Waals surface area contributed by atoms with Gasteiger partial charge in [0.2, 0.25) is 5.91 Å². The number of hydrogen-bond donors (Lipinski definition) is 1. The molecule has 3 heteroatoms. The van der Waals surface area contributed by atoms with Crippen molar-refractivity contribution >= 4 is 5.91 Å². The molecule has 2 atom stereocenters. The standard InChI is InChI=1S/C11H20N2O/c1-11(2)6-5-9(11)13-7-3-4-8(12)10(13)14/h8-9H,3-7,12H2,1-2H3. The summed E-state index contributed by atoms with van der Waals surface area (Å²) in [6, 6.07) is 0.210. The van der Waals surface area contributed by atoms with Crippen LogP contribution in [0, 0.1) is 5.41 Å². The molecule has 1 saturated heterocycles. The summed E-state index contributed by atoms with van der Waals surface area (Å²) in [7, 11) is 0. The van der Waals surface area contributed by atoms with E-state index in [1.165, 1.54) is 6.42 Å². The van der Waals surface area contributed by atoms with E-state index in [4.69, 9.17) is 5.73 Å². The lowest BCUT2D eigenvalue weighted by Crippen LogP contribution is -2.60. The molecule has 1 saturated carbocycles. The summed E-state index contributed by atoms with van der Waals surface area (Å²) in [4.78, 5) is 13.9. The minimum Gasteiger partial charge on any atom is -0.338 e. The van der Waals surface area contributed by atoms with Crippen LogP contribution in [0.1, 0.15) is 39.5 Å². The summed E-state index contributed by atoms with van der Waals surface area (Å²) in [6.07, 6.45) is 4.32. The summed E-state index contributed by atoms with van der Waals surface area (Å²) in [6.45, 7) is 5.41. The molecular weight excluding hydrogens is 176 g/mol. The van der Waals surface area contributed by atoms with Gasteiger partial charge in [-0.15, -0.1) is 0 Å². The van der Waals surface area contributed by atoms with Gasteiger partial charge in [-0.25, -0.2) is 0 Å². The van der Waals surface area contributed by atoms with Crippen molar-refractivity contribution in [3.63, 3.8) is 0 Å². The van der Waals surface area contributed by atoms with Crippen molar-refractivity contribution in [3.05, 3.63) is 0 Å². The first-order valence-electron chi connectivity index (χ1n) is 5.58. The number of hydrogen-bond acceptors (Lipinski definition) is 2. The minimum absolute atomic E-state index is 0.175. The highest BCUT2D eigenvalue weighted by Crippen LogP contribution is 2.44. The third-order valence-electron chi connectivity index (χ3n) is 3.85. The summed E-state index contributed by atoms with van der Waals surface area (Å²) in [5.74, 6) is 0.175. The van der Waals surface area contributed by atoms with Crippen LogP contribution in [0.15, 0.2) is 0 Å². The van der Waals surface area contributed by atoms with Gasteiger partial charge < -0.3 is 10.6 Å². The fourth-order valence-corrected chi connectivity index (χ4v) is 2.67. The largest absolute Gasteiger partial charge is 0.338 e. The van der Waals surface area contributed by atoms with Crippen LogP contribution in [-0.4, -0.2) is 29.4 Å². The number of likely N-dealkylation sites (tertiary alicyclic amines) is 1. The number of piperidine rings is 1. The van der Waals surface area contributed by atoms with Crippen LogP contribution in [0.2, 0.25) is 0 Å². The first-order chi connectivity index (χ1) is 6.52. The molecule has 2 rings (SSSR count). The van der Waals surface area contributed by atoms with Gasteiger partial charge in [-0.05, 0) is 31.1 Å². The van der Waals surface area contributed by atoms with Gasteiger partial charge in [0.15, 0.2) is 0 Å². The van der Waals surface area contributed by atoms with Gasteiger partial charge in [-0.3, -0.25) is 4.79 Å². The van der Waals surface area contributed by atoms with Crippen molar-refractivity contribution in [1.29, 1.82) is 0 Å². The quantitative estimate of drug-likeness (QED) is 0.683. The number of rotatable bonds is 1. The Labute approximate surface area is 85.6 Å². The molecule has 2 aliphatic rings. The predicted molar refractivity (Wildman–Crippen MR) is 55.7 cm³/mol. The second-order valence-corrected chi connectivity index (χ2v) is 5.32. The highest BCUT2D eigenvalue weighted by Gasteiger charge is 2.45. The topological polar surface area (TPSA) is 46.3 Å². The van der Waals surface area contributed by atoms with Gasteiger partial charge in [0.05, 0.1) is 6.04 Å². The van der Waals surface area contributed by atoms with E-state index in [1.807, 2.05) is 4.90 Å².